The average Bonchev–Trinajstić information content (AvgIpc) is 2.10. The van der Waals surface area contributed by atoms with Gasteiger partial charge in [0.1, 0.15) is 0 Å². The Morgan fingerprint density at radius 1 is 1.67 bits per heavy atom. The predicted octanol–water partition coefficient (Wildman–Crippen LogP) is -0.124. The molecule has 1 atom stereocenters. The van der Waals surface area contributed by atoms with Gasteiger partial charge in [-0.25, -0.2) is 0 Å². The van der Waals surface area contributed by atoms with E-state index in [1.54, 1.807) is 0 Å². The summed E-state index contributed by atoms with van der Waals surface area (Å²) in [6, 6.07) is 0.166. The summed E-state index contributed by atoms with van der Waals surface area (Å²) < 4.78 is 4.84. The van der Waals surface area contributed by atoms with E-state index in [1.807, 2.05) is 13.8 Å². The zero-order chi connectivity index (χ0) is 9.40. The van der Waals surface area contributed by atoms with Crippen LogP contribution in [0, 0.1) is 0 Å². The summed E-state index contributed by atoms with van der Waals surface area (Å²) in [6.45, 7) is 5.16. The van der Waals surface area contributed by atoms with Crippen LogP contribution < -0.4 is 11.1 Å². The van der Waals surface area contributed by atoms with E-state index in [9.17, 15) is 4.79 Å². The van der Waals surface area contributed by atoms with Crippen molar-refractivity contribution in [2.75, 3.05) is 19.7 Å². The molecule has 0 rings (SSSR count). The molecule has 0 aliphatic carbocycles. The molecule has 4 heteroatoms. The van der Waals surface area contributed by atoms with Crippen LogP contribution in [0.1, 0.15) is 20.3 Å². The van der Waals surface area contributed by atoms with Gasteiger partial charge in [0.25, 0.3) is 0 Å². The molecule has 0 aromatic carbocycles. The fourth-order valence-electron chi connectivity index (χ4n) is 0.608. The van der Waals surface area contributed by atoms with Crippen molar-refractivity contribution in [3.63, 3.8) is 0 Å². The Morgan fingerprint density at radius 2 is 2.33 bits per heavy atom. The molecule has 0 radical (unpaired) electrons. The van der Waals surface area contributed by atoms with Crippen molar-refractivity contribution in [1.29, 1.82) is 0 Å². The summed E-state index contributed by atoms with van der Waals surface area (Å²) in [5.74, 6) is -0.211. The van der Waals surface area contributed by atoms with Gasteiger partial charge in [0, 0.05) is 12.6 Å². The van der Waals surface area contributed by atoms with Crippen LogP contribution in [0.2, 0.25) is 0 Å². The van der Waals surface area contributed by atoms with Gasteiger partial charge in [-0.3, -0.25) is 4.79 Å². The third kappa shape index (κ3) is 6.12. The van der Waals surface area contributed by atoms with Crippen LogP contribution in [0.15, 0.2) is 0 Å². The van der Waals surface area contributed by atoms with Gasteiger partial charge < -0.3 is 15.8 Å². The molecule has 3 N–H and O–H groups in total. The molecular formula is C8H18N2O2. The predicted molar refractivity (Wildman–Crippen MR) is 47.8 cm³/mol. The van der Waals surface area contributed by atoms with Gasteiger partial charge in [-0.2, -0.15) is 0 Å². The van der Waals surface area contributed by atoms with Gasteiger partial charge in [0.15, 0.2) is 0 Å². The quantitative estimate of drug-likeness (QED) is 0.551. The Kier molecular flexibility index (Phi) is 6.70. The van der Waals surface area contributed by atoms with Gasteiger partial charge >= 0.3 is 5.97 Å². The number of carbonyl (C=O) groups is 1. The lowest BCUT2D eigenvalue weighted by Crippen LogP contribution is -2.37. The third-order valence-corrected chi connectivity index (χ3v) is 1.42. The molecule has 0 heterocycles. The lowest BCUT2D eigenvalue weighted by molar-refractivity contribution is -0.142. The molecule has 0 fully saturated rings. The van der Waals surface area contributed by atoms with Crippen molar-refractivity contribution >= 4 is 5.97 Å². The zero-order valence-electron chi connectivity index (χ0n) is 7.80. The van der Waals surface area contributed by atoms with Crippen LogP contribution in [0.3, 0.4) is 0 Å². The Labute approximate surface area is 73.5 Å². The maximum Gasteiger partial charge on any atom is 0.319 e. The van der Waals surface area contributed by atoms with E-state index < -0.39 is 0 Å². The lowest BCUT2D eigenvalue weighted by Gasteiger charge is -2.09. The van der Waals surface area contributed by atoms with Crippen molar-refractivity contribution in [3.05, 3.63) is 0 Å². The number of hydrogen-bond acceptors (Lipinski definition) is 4. The van der Waals surface area contributed by atoms with E-state index in [0.29, 0.717) is 13.2 Å². The lowest BCUT2D eigenvalue weighted by atomic mass is 10.3. The van der Waals surface area contributed by atoms with Crippen LogP contribution in [0.25, 0.3) is 0 Å². The van der Waals surface area contributed by atoms with Gasteiger partial charge in [0.05, 0.1) is 13.2 Å². The minimum Gasteiger partial charge on any atom is -0.465 e. The summed E-state index contributed by atoms with van der Waals surface area (Å²) in [6.07, 6.45) is 0.859. The molecule has 0 amide bonds. The van der Waals surface area contributed by atoms with Crippen LogP contribution >= 0.6 is 0 Å². The fourth-order valence-corrected chi connectivity index (χ4v) is 0.608. The first kappa shape index (κ1) is 11.4. The third-order valence-electron chi connectivity index (χ3n) is 1.42. The van der Waals surface area contributed by atoms with Crippen LogP contribution in [0.5, 0.6) is 0 Å². The van der Waals surface area contributed by atoms with E-state index in [-0.39, 0.29) is 18.6 Å². The molecule has 0 spiro atoms. The molecule has 0 saturated carbocycles. The van der Waals surface area contributed by atoms with Gasteiger partial charge in [-0.15, -0.1) is 0 Å². The monoisotopic (exact) mass is 174 g/mol. The smallest absolute Gasteiger partial charge is 0.319 e. The summed E-state index contributed by atoms with van der Waals surface area (Å²) in [7, 11) is 0. The summed E-state index contributed by atoms with van der Waals surface area (Å²) in [4.78, 5) is 10.9. The van der Waals surface area contributed by atoms with Crippen molar-refractivity contribution in [3.8, 4) is 0 Å². The Hall–Kier alpha value is -0.610. The molecule has 72 valence electrons. The topological polar surface area (TPSA) is 64.3 Å². The maximum atomic E-state index is 10.9. The van der Waals surface area contributed by atoms with Gasteiger partial charge in [0.2, 0.25) is 0 Å². The molecule has 0 aliphatic heterocycles. The molecule has 1 unspecified atom stereocenters. The van der Waals surface area contributed by atoms with E-state index in [4.69, 9.17) is 10.5 Å². The second-order valence-corrected chi connectivity index (χ2v) is 2.74. The Morgan fingerprint density at radius 3 is 2.83 bits per heavy atom. The number of hydrogen-bond donors (Lipinski definition) is 2. The van der Waals surface area contributed by atoms with Crippen molar-refractivity contribution in [2.24, 2.45) is 5.73 Å². The average molecular weight is 174 g/mol. The largest absolute Gasteiger partial charge is 0.465 e. The highest BCUT2D eigenvalue weighted by Crippen LogP contribution is 1.82. The minimum absolute atomic E-state index is 0.166. The highest BCUT2D eigenvalue weighted by atomic mass is 16.5. The van der Waals surface area contributed by atoms with Crippen LogP contribution in [0.4, 0.5) is 0 Å². The molecule has 0 aromatic heterocycles. The second kappa shape index (κ2) is 7.06. The molecule has 0 bridgehead atoms. The van der Waals surface area contributed by atoms with E-state index in [1.165, 1.54) is 0 Å². The number of esters is 1. The Balaban J connectivity index is 3.31. The number of nitrogens with one attached hydrogen (secondary N) is 1. The second-order valence-electron chi connectivity index (χ2n) is 2.74. The molecule has 0 aliphatic rings. The highest BCUT2D eigenvalue weighted by Gasteiger charge is 2.03. The normalized spacial score (nSPS) is 12.6. The van der Waals surface area contributed by atoms with E-state index in [0.717, 1.165) is 6.42 Å². The van der Waals surface area contributed by atoms with Crippen LogP contribution in [-0.4, -0.2) is 31.7 Å². The number of nitrogens with two attached hydrogens (primary N) is 1. The van der Waals surface area contributed by atoms with Crippen molar-refractivity contribution < 1.29 is 9.53 Å². The summed E-state index contributed by atoms with van der Waals surface area (Å²) >= 11 is 0. The minimum atomic E-state index is -0.211. The summed E-state index contributed by atoms with van der Waals surface area (Å²) in [5, 5.41) is 2.94. The highest BCUT2D eigenvalue weighted by molar-refractivity contribution is 5.71. The first-order valence-corrected chi connectivity index (χ1v) is 4.29. The van der Waals surface area contributed by atoms with Crippen LogP contribution in [-0.2, 0) is 9.53 Å². The molecular weight excluding hydrogens is 156 g/mol. The summed E-state index contributed by atoms with van der Waals surface area (Å²) in [5.41, 5.74) is 5.34. The maximum absolute atomic E-state index is 10.9. The standard InChI is InChI=1S/C8H18N2O2/c1-3-4-12-8(11)6-10-7(2)5-9/h7,10H,3-6,9H2,1-2H3. The molecule has 0 saturated heterocycles. The van der Waals surface area contributed by atoms with E-state index >= 15 is 0 Å². The molecule has 0 aromatic rings. The van der Waals surface area contributed by atoms with Crippen molar-refractivity contribution in [2.45, 2.75) is 26.3 Å². The number of ether oxygens (including phenoxy) is 1. The Bertz CT molecular complexity index is 128. The zero-order valence-corrected chi connectivity index (χ0v) is 7.80. The van der Waals surface area contributed by atoms with Gasteiger partial charge in [-0.05, 0) is 13.3 Å². The van der Waals surface area contributed by atoms with Gasteiger partial charge in [-0.1, -0.05) is 6.92 Å². The SMILES string of the molecule is CCCOC(=O)CNC(C)CN. The first-order valence-electron chi connectivity index (χ1n) is 4.29. The fraction of sp³-hybridized carbons (Fsp3) is 0.875. The first-order chi connectivity index (χ1) is 5.70. The van der Waals surface area contributed by atoms with E-state index in [2.05, 4.69) is 5.32 Å². The number of rotatable bonds is 6. The van der Waals surface area contributed by atoms with Crippen molar-refractivity contribution in [1.82, 2.24) is 5.32 Å². The molecule has 12 heavy (non-hydrogen) atoms. The molecule has 4 nitrogen and oxygen atoms in total. The number of carbonyl (C=O) groups excluding carboxylic acids is 1.